The molecule has 5 atom stereocenters. The Morgan fingerprint density at radius 2 is 1.97 bits per heavy atom. The maximum absolute atomic E-state index is 13.7. The average molecular weight is 535 g/mol. The van der Waals surface area contributed by atoms with E-state index < -0.39 is 6.17 Å². The van der Waals surface area contributed by atoms with Crippen molar-refractivity contribution < 1.29 is 9.18 Å². The molecule has 2 aliphatic heterocycles. The highest BCUT2D eigenvalue weighted by molar-refractivity contribution is 7.19. The number of piperidine rings is 1. The summed E-state index contributed by atoms with van der Waals surface area (Å²) < 4.78 is 15.6. The van der Waals surface area contributed by atoms with Crippen molar-refractivity contribution in [1.82, 2.24) is 29.8 Å². The summed E-state index contributed by atoms with van der Waals surface area (Å²) in [6.45, 7) is 12.2. The number of hydrogen-bond acceptors (Lipinski definition) is 5. The van der Waals surface area contributed by atoms with Crippen LogP contribution < -0.4 is 5.32 Å². The minimum atomic E-state index is -0.904. The summed E-state index contributed by atoms with van der Waals surface area (Å²) in [6.07, 6.45) is 5.20. The topological polar surface area (TPSA) is 78.3 Å². The Morgan fingerprint density at radius 3 is 2.66 bits per heavy atom. The molecule has 1 aliphatic carbocycles. The number of aromatic nitrogens is 4. The number of nitrogens with one attached hydrogen (secondary N) is 2. The first-order chi connectivity index (χ1) is 18.2. The van der Waals surface area contributed by atoms with Crippen molar-refractivity contribution in [3.63, 3.8) is 0 Å². The van der Waals surface area contributed by atoms with E-state index in [2.05, 4.69) is 66.1 Å². The van der Waals surface area contributed by atoms with Crippen LogP contribution in [0.1, 0.15) is 72.1 Å². The number of carbonyl (C=O) groups excluding carboxylic acids is 1. The summed E-state index contributed by atoms with van der Waals surface area (Å²) in [5.74, 6) is 1.43. The highest BCUT2D eigenvalue weighted by Crippen LogP contribution is 2.53. The molecule has 0 spiro atoms. The lowest BCUT2D eigenvalue weighted by atomic mass is 9.88. The van der Waals surface area contributed by atoms with Crippen LogP contribution in [0.3, 0.4) is 0 Å². The molecule has 2 N–H and O–H groups in total. The van der Waals surface area contributed by atoms with Crippen molar-refractivity contribution in [3.05, 3.63) is 39.7 Å². The molecule has 1 amide bonds. The molecule has 2 bridgehead atoms. The number of pyridine rings is 1. The zero-order chi connectivity index (χ0) is 26.5. The van der Waals surface area contributed by atoms with Gasteiger partial charge in [0.1, 0.15) is 17.3 Å². The number of hydrogen-bond donors (Lipinski definition) is 2. The van der Waals surface area contributed by atoms with E-state index in [-0.39, 0.29) is 18.0 Å². The second kappa shape index (κ2) is 8.61. The van der Waals surface area contributed by atoms with Gasteiger partial charge in [0, 0.05) is 53.5 Å². The number of carbonyl (C=O) groups is 1. The molecule has 6 heterocycles. The Hall–Kier alpha value is -2.78. The van der Waals surface area contributed by atoms with Gasteiger partial charge in [-0.25, -0.2) is 13.9 Å². The number of alkyl halides is 1. The van der Waals surface area contributed by atoms with E-state index in [0.29, 0.717) is 30.7 Å². The van der Waals surface area contributed by atoms with Gasteiger partial charge < -0.3 is 15.2 Å². The minimum Gasteiger partial charge on any atom is -0.346 e. The van der Waals surface area contributed by atoms with E-state index in [1.54, 1.807) is 6.33 Å². The van der Waals surface area contributed by atoms with Crippen LogP contribution in [0.2, 0.25) is 0 Å². The van der Waals surface area contributed by atoms with Gasteiger partial charge in [-0.1, -0.05) is 13.8 Å². The molecule has 9 heteroatoms. The monoisotopic (exact) mass is 534 g/mol. The lowest BCUT2D eigenvalue weighted by molar-refractivity contribution is -0.134. The number of halogens is 1. The lowest BCUT2D eigenvalue weighted by Crippen LogP contribution is -2.47. The number of H-pyrrole nitrogens is 1. The molecule has 4 aromatic rings. The van der Waals surface area contributed by atoms with Crippen molar-refractivity contribution in [1.29, 1.82) is 0 Å². The second-order valence-electron chi connectivity index (χ2n) is 12.0. The van der Waals surface area contributed by atoms with Gasteiger partial charge in [-0.2, -0.15) is 5.10 Å². The molecule has 0 aromatic carbocycles. The minimum absolute atomic E-state index is 0.104. The molecule has 38 heavy (non-hydrogen) atoms. The zero-order valence-electron chi connectivity index (χ0n) is 22.6. The number of thiophene rings is 1. The third-order valence-electron chi connectivity index (χ3n) is 9.47. The van der Waals surface area contributed by atoms with Gasteiger partial charge in [0.25, 0.3) is 0 Å². The maximum atomic E-state index is 13.7. The third-order valence-corrected chi connectivity index (χ3v) is 10.8. The highest BCUT2D eigenvalue weighted by Gasteiger charge is 2.49. The van der Waals surface area contributed by atoms with Crippen molar-refractivity contribution in [2.24, 2.45) is 5.92 Å². The quantitative estimate of drug-likeness (QED) is 0.368. The second-order valence-corrected chi connectivity index (χ2v) is 13.0. The van der Waals surface area contributed by atoms with Crippen molar-refractivity contribution >= 4 is 33.1 Å². The Labute approximate surface area is 225 Å². The number of amides is 1. The first-order valence-corrected chi connectivity index (χ1v) is 14.7. The van der Waals surface area contributed by atoms with E-state index in [9.17, 15) is 9.18 Å². The van der Waals surface area contributed by atoms with Crippen LogP contribution in [0.4, 0.5) is 4.39 Å². The predicted molar refractivity (Wildman–Crippen MR) is 149 cm³/mol. The number of fused-ring (bicyclic) bond motifs is 4. The summed E-state index contributed by atoms with van der Waals surface area (Å²) in [7, 11) is 0. The number of nitrogens with zero attached hydrogens (tertiary/aromatic N) is 4. The van der Waals surface area contributed by atoms with Crippen LogP contribution in [-0.2, 0) is 4.79 Å². The van der Waals surface area contributed by atoms with Crippen LogP contribution in [0.5, 0.6) is 0 Å². The van der Waals surface area contributed by atoms with Crippen LogP contribution in [0.25, 0.3) is 27.1 Å². The lowest BCUT2D eigenvalue weighted by Gasteiger charge is -2.33. The van der Waals surface area contributed by atoms with Gasteiger partial charge in [-0.05, 0) is 67.7 Å². The molecule has 3 aliphatic rings. The summed E-state index contributed by atoms with van der Waals surface area (Å²) in [5.41, 5.74) is 8.41. The van der Waals surface area contributed by atoms with Crippen molar-refractivity contribution in [2.75, 3.05) is 13.1 Å². The maximum Gasteiger partial charge on any atom is 0.240 e. The fraction of sp³-hybridized carbons (Fsp3) is 0.552. The van der Waals surface area contributed by atoms with Gasteiger partial charge >= 0.3 is 0 Å². The molecule has 200 valence electrons. The number of likely N-dealkylation sites (tertiary alicyclic amines) is 1. The van der Waals surface area contributed by atoms with Gasteiger partial charge in [0.15, 0.2) is 5.65 Å². The Bertz CT molecular complexity index is 1580. The van der Waals surface area contributed by atoms with Gasteiger partial charge in [-0.3, -0.25) is 4.79 Å². The molecule has 3 fully saturated rings. The van der Waals surface area contributed by atoms with Crippen molar-refractivity contribution in [2.45, 2.75) is 84.0 Å². The van der Waals surface area contributed by atoms with Crippen LogP contribution in [-0.4, -0.2) is 61.7 Å². The number of aryl methyl sites for hydroxylation is 2. The van der Waals surface area contributed by atoms with Gasteiger partial charge in [0.05, 0.1) is 11.7 Å². The average Bonchev–Trinajstić information content (AvgIpc) is 3.71. The van der Waals surface area contributed by atoms with Crippen LogP contribution >= 0.6 is 11.3 Å². The summed E-state index contributed by atoms with van der Waals surface area (Å²) in [6, 6.07) is -0.0711. The predicted octanol–water partition coefficient (Wildman–Crippen LogP) is 5.39. The molecule has 0 radical (unpaired) electrons. The zero-order valence-corrected chi connectivity index (χ0v) is 23.5. The molecular weight excluding hydrogens is 499 g/mol. The van der Waals surface area contributed by atoms with Crippen LogP contribution in [0.15, 0.2) is 12.5 Å². The molecule has 2 saturated heterocycles. The van der Waals surface area contributed by atoms with Gasteiger partial charge in [0.2, 0.25) is 5.91 Å². The largest absolute Gasteiger partial charge is 0.346 e. The highest BCUT2D eigenvalue weighted by atomic mass is 32.1. The fourth-order valence-electron chi connectivity index (χ4n) is 7.47. The van der Waals surface area contributed by atoms with E-state index in [4.69, 9.17) is 0 Å². The number of rotatable bonds is 4. The Kier molecular flexibility index (Phi) is 5.50. The summed E-state index contributed by atoms with van der Waals surface area (Å²) in [5, 5.41) is 8.87. The van der Waals surface area contributed by atoms with E-state index in [1.165, 1.54) is 43.0 Å². The van der Waals surface area contributed by atoms with Crippen molar-refractivity contribution in [3.8, 4) is 11.3 Å². The SMILES string of the molecule is Cc1c(-c2[nH]c3sc([C@@H]4C[C@@H]5C[C@H]4CN5C(=O)[C@H]4C[C@H](F)CN4)c(C)c3c2C(C)C)cn2ncnc2c1C. The Morgan fingerprint density at radius 1 is 1.16 bits per heavy atom. The normalized spacial score (nSPS) is 27.1. The first-order valence-electron chi connectivity index (χ1n) is 13.9. The molecule has 4 aromatic heterocycles. The van der Waals surface area contributed by atoms with Gasteiger partial charge in [-0.15, -0.1) is 11.3 Å². The smallest absolute Gasteiger partial charge is 0.240 e. The number of aromatic amines is 1. The van der Waals surface area contributed by atoms with E-state index >= 15 is 0 Å². The molecule has 1 saturated carbocycles. The Balaban J connectivity index is 1.23. The van der Waals surface area contributed by atoms with E-state index in [0.717, 1.165) is 30.6 Å². The molecular formula is C29H35FN6OS. The molecule has 7 rings (SSSR count). The first kappa shape index (κ1) is 24.3. The third kappa shape index (κ3) is 3.43. The molecule has 0 unspecified atom stereocenters. The van der Waals surface area contributed by atoms with Crippen LogP contribution in [0, 0.1) is 26.7 Å². The summed E-state index contributed by atoms with van der Waals surface area (Å²) in [4.78, 5) is 26.1. The summed E-state index contributed by atoms with van der Waals surface area (Å²) >= 11 is 1.90. The van der Waals surface area contributed by atoms with E-state index in [1.807, 2.05) is 15.9 Å². The fourth-order valence-corrected chi connectivity index (χ4v) is 8.91. The molecule has 7 nitrogen and oxygen atoms in total. The standard InChI is InChI=1S/C29H35FN6OS/c1-13(2)23-24-16(5)26(20-8-19-6-17(20)10-35(19)29(37)22-7-18(30)9-31-22)38-28(24)34-25(23)21-11-36-27(32-12-33-36)15(4)14(21)3/h11-13,17-20,22,31,34H,6-10H2,1-5H3/t17-,18-,19-,20+,22+/m0/s1.